The van der Waals surface area contributed by atoms with Crippen LogP contribution < -0.4 is 5.32 Å². The third kappa shape index (κ3) is 2.98. The van der Waals surface area contributed by atoms with Gasteiger partial charge in [0.1, 0.15) is 0 Å². The first-order valence-electron chi connectivity index (χ1n) is 6.06. The standard InChI is InChI=1S/C13H17N3OS/c1-3-4-12-16-10(8-18-12)7-15-13(17)11-5-6-14-9(11)2/h5-6,8,14H,3-4,7H2,1-2H3,(H,15,17). The summed E-state index contributed by atoms with van der Waals surface area (Å²) in [4.78, 5) is 19.3. The lowest BCUT2D eigenvalue weighted by atomic mass is 10.2. The molecule has 0 fully saturated rings. The number of nitrogens with zero attached hydrogens (tertiary/aromatic N) is 1. The highest BCUT2D eigenvalue weighted by atomic mass is 32.1. The Morgan fingerprint density at radius 3 is 3.06 bits per heavy atom. The van der Waals surface area contributed by atoms with Crippen LogP contribution in [-0.2, 0) is 13.0 Å². The summed E-state index contributed by atoms with van der Waals surface area (Å²) in [6.07, 6.45) is 3.88. The monoisotopic (exact) mass is 263 g/mol. The number of aromatic amines is 1. The first-order chi connectivity index (χ1) is 8.70. The van der Waals surface area contributed by atoms with E-state index < -0.39 is 0 Å². The zero-order valence-electron chi connectivity index (χ0n) is 10.6. The molecule has 0 unspecified atom stereocenters. The molecule has 0 aliphatic heterocycles. The predicted molar refractivity (Wildman–Crippen MR) is 72.8 cm³/mol. The molecule has 0 aromatic carbocycles. The van der Waals surface area contributed by atoms with Gasteiger partial charge < -0.3 is 10.3 Å². The van der Waals surface area contributed by atoms with E-state index in [2.05, 4.69) is 22.2 Å². The number of aromatic nitrogens is 2. The second kappa shape index (κ2) is 5.82. The summed E-state index contributed by atoms with van der Waals surface area (Å²) < 4.78 is 0. The highest BCUT2D eigenvalue weighted by Gasteiger charge is 2.09. The van der Waals surface area contributed by atoms with Crippen molar-refractivity contribution in [3.05, 3.63) is 39.6 Å². The van der Waals surface area contributed by atoms with E-state index in [1.54, 1.807) is 23.6 Å². The molecule has 2 aromatic heterocycles. The molecule has 5 heteroatoms. The molecule has 0 saturated carbocycles. The SMILES string of the molecule is CCCc1nc(CNC(=O)c2cc[nH]c2C)cs1. The van der Waals surface area contributed by atoms with Crippen molar-refractivity contribution in [2.24, 2.45) is 0 Å². The third-order valence-electron chi connectivity index (χ3n) is 2.69. The number of hydrogen-bond donors (Lipinski definition) is 2. The minimum Gasteiger partial charge on any atom is -0.365 e. The molecule has 0 atom stereocenters. The zero-order chi connectivity index (χ0) is 13.0. The van der Waals surface area contributed by atoms with E-state index in [4.69, 9.17) is 0 Å². The van der Waals surface area contributed by atoms with E-state index >= 15 is 0 Å². The molecule has 0 bridgehead atoms. The number of H-pyrrole nitrogens is 1. The molecule has 2 N–H and O–H groups in total. The Balaban J connectivity index is 1.91. The van der Waals surface area contributed by atoms with E-state index in [0.29, 0.717) is 12.1 Å². The normalized spacial score (nSPS) is 10.6. The fraction of sp³-hybridized carbons (Fsp3) is 0.385. The predicted octanol–water partition coefficient (Wildman–Crippen LogP) is 2.66. The van der Waals surface area contributed by atoms with Crippen molar-refractivity contribution in [3.63, 3.8) is 0 Å². The van der Waals surface area contributed by atoms with Crippen LogP contribution in [-0.4, -0.2) is 15.9 Å². The maximum absolute atomic E-state index is 11.9. The minimum atomic E-state index is -0.0567. The molecule has 96 valence electrons. The lowest BCUT2D eigenvalue weighted by Crippen LogP contribution is -2.23. The molecule has 18 heavy (non-hydrogen) atoms. The average molecular weight is 263 g/mol. The highest BCUT2D eigenvalue weighted by Crippen LogP contribution is 2.12. The van der Waals surface area contributed by atoms with Gasteiger partial charge in [-0.3, -0.25) is 4.79 Å². The Morgan fingerprint density at radius 1 is 1.56 bits per heavy atom. The lowest BCUT2D eigenvalue weighted by Gasteiger charge is -2.02. The van der Waals surface area contributed by atoms with Crippen molar-refractivity contribution in [1.82, 2.24) is 15.3 Å². The quantitative estimate of drug-likeness (QED) is 0.871. The van der Waals surface area contributed by atoms with Gasteiger partial charge in [0.05, 0.1) is 22.8 Å². The number of nitrogens with one attached hydrogen (secondary N) is 2. The molecule has 0 spiro atoms. The van der Waals surface area contributed by atoms with Gasteiger partial charge in [-0.15, -0.1) is 11.3 Å². The molecule has 2 aromatic rings. The second-order valence-corrected chi connectivity index (χ2v) is 5.12. The number of carbonyl (C=O) groups is 1. The molecule has 4 nitrogen and oxygen atoms in total. The number of amides is 1. The molecule has 0 saturated heterocycles. The summed E-state index contributed by atoms with van der Waals surface area (Å²) >= 11 is 1.66. The summed E-state index contributed by atoms with van der Waals surface area (Å²) in [5.41, 5.74) is 2.52. The van der Waals surface area contributed by atoms with Gasteiger partial charge in [0.25, 0.3) is 5.91 Å². The van der Waals surface area contributed by atoms with Gasteiger partial charge in [0.15, 0.2) is 0 Å². The summed E-state index contributed by atoms with van der Waals surface area (Å²) in [5, 5.41) is 6.03. The third-order valence-corrected chi connectivity index (χ3v) is 3.65. The molecule has 1 amide bonds. The first-order valence-corrected chi connectivity index (χ1v) is 6.94. The van der Waals surface area contributed by atoms with Crippen LogP contribution >= 0.6 is 11.3 Å². The summed E-state index contributed by atoms with van der Waals surface area (Å²) in [6, 6.07) is 1.79. The van der Waals surface area contributed by atoms with Crippen LogP contribution in [0, 0.1) is 6.92 Å². The topological polar surface area (TPSA) is 57.8 Å². The highest BCUT2D eigenvalue weighted by molar-refractivity contribution is 7.09. The largest absolute Gasteiger partial charge is 0.365 e. The van der Waals surface area contributed by atoms with Crippen molar-refractivity contribution in [2.45, 2.75) is 33.2 Å². The van der Waals surface area contributed by atoms with E-state index in [-0.39, 0.29) is 5.91 Å². The van der Waals surface area contributed by atoms with E-state index in [9.17, 15) is 4.79 Å². The van der Waals surface area contributed by atoms with Crippen molar-refractivity contribution in [2.75, 3.05) is 0 Å². The Morgan fingerprint density at radius 2 is 2.39 bits per heavy atom. The Labute approximate surface area is 110 Å². The van der Waals surface area contributed by atoms with Gasteiger partial charge in [-0.1, -0.05) is 6.92 Å². The Hall–Kier alpha value is -1.62. The van der Waals surface area contributed by atoms with Crippen LogP contribution in [0.2, 0.25) is 0 Å². The molecular weight excluding hydrogens is 246 g/mol. The van der Waals surface area contributed by atoms with Gasteiger partial charge in [-0.05, 0) is 25.8 Å². The summed E-state index contributed by atoms with van der Waals surface area (Å²) in [6.45, 7) is 4.51. The Kier molecular flexibility index (Phi) is 4.15. The van der Waals surface area contributed by atoms with E-state index in [1.807, 2.05) is 12.3 Å². The van der Waals surface area contributed by atoms with Crippen LogP contribution in [0.15, 0.2) is 17.6 Å². The van der Waals surface area contributed by atoms with Gasteiger partial charge in [-0.2, -0.15) is 0 Å². The van der Waals surface area contributed by atoms with Gasteiger partial charge >= 0.3 is 0 Å². The fourth-order valence-electron chi connectivity index (χ4n) is 1.72. The number of thiazole rings is 1. The van der Waals surface area contributed by atoms with Gasteiger partial charge in [0, 0.05) is 17.3 Å². The van der Waals surface area contributed by atoms with Gasteiger partial charge in [-0.25, -0.2) is 4.98 Å². The van der Waals surface area contributed by atoms with Crippen LogP contribution in [0.1, 0.15) is 40.1 Å². The van der Waals surface area contributed by atoms with Crippen molar-refractivity contribution < 1.29 is 4.79 Å². The summed E-state index contributed by atoms with van der Waals surface area (Å²) in [5.74, 6) is -0.0567. The van der Waals surface area contributed by atoms with Crippen molar-refractivity contribution >= 4 is 17.2 Å². The maximum atomic E-state index is 11.9. The first kappa shape index (κ1) is 12.8. The lowest BCUT2D eigenvalue weighted by molar-refractivity contribution is 0.0950. The minimum absolute atomic E-state index is 0.0567. The van der Waals surface area contributed by atoms with E-state index in [0.717, 1.165) is 29.2 Å². The van der Waals surface area contributed by atoms with Crippen LogP contribution in [0.3, 0.4) is 0 Å². The Bertz CT molecular complexity index is 530. The molecule has 2 heterocycles. The van der Waals surface area contributed by atoms with Crippen molar-refractivity contribution in [3.8, 4) is 0 Å². The number of hydrogen-bond acceptors (Lipinski definition) is 3. The molecule has 0 aliphatic carbocycles. The molecule has 2 rings (SSSR count). The van der Waals surface area contributed by atoms with Crippen LogP contribution in [0.4, 0.5) is 0 Å². The van der Waals surface area contributed by atoms with Gasteiger partial charge in [0.2, 0.25) is 0 Å². The number of rotatable bonds is 5. The van der Waals surface area contributed by atoms with Crippen LogP contribution in [0.5, 0.6) is 0 Å². The smallest absolute Gasteiger partial charge is 0.253 e. The molecule has 0 aliphatic rings. The maximum Gasteiger partial charge on any atom is 0.253 e. The number of aryl methyl sites for hydroxylation is 2. The fourth-order valence-corrected chi connectivity index (χ4v) is 2.62. The zero-order valence-corrected chi connectivity index (χ0v) is 11.4. The second-order valence-electron chi connectivity index (χ2n) is 4.18. The molecular formula is C13H17N3OS. The number of carbonyl (C=O) groups excluding carboxylic acids is 1. The van der Waals surface area contributed by atoms with Crippen molar-refractivity contribution in [1.29, 1.82) is 0 Å². The summed E-state index contributed by atoms with van der Waals surface area (Å²) in [7, 11) is 0. The average Bonchev–Trinajstić information content (AvgIpc) is 2.96. The molecule has 0 radical (unpaired) electrons. The van der Waals surface area contributed by atoms with E-state index in [1.165, 1.54) is 0 Å². The van der Waals surface area contributed by atoms with Crippen LogP contribution in [0.25, 0.3) is 0 Å².